The Morgan fingerprint density at radius 1 is 1.15 bits per heavy atom. The summed E-state index contributed by atoms with van der Waals surface area (Å²) in [7, 11) is 0. The molecule has 0 aliphatic carbocycles. The highest BCUT2D eigenvalue weighted by molar-refractivity contribution is 6.31. The first-order chi connectivity index (χ1) is 9.74. The normalized spacial score (nSPS) is 15.1. The van der Waals surface area contributed by atoms with Crippen molar-refractivity contribution in [3.05, 3.63) is 71.7 Å². The minimum atomic E-state index is -0.379. The average molecular weight is 269 g/mol. The molecule has 1 aliphatic heterocycles. The zero-order chi connectivity index (χ0) is 13.9. The number of fused-ring (bicyclic) bond motifs is 1. The van der Waals surface area contributed by atoms with Crippen LogP contribution in [0.1, 0.15) is 11.1 Å². The molecule has 0 bridgehead atoms. The van der Waals surface area contributed by atoms with Crippen LogP contribution in [-0.2, 0) is 16.1 Å². The zero-order valence-corrected chi connectivity index (χ0v) is 10.6. The Labute approximate surface area is 115 Å². The summed E-state index contributed by atoms with van der Waals surface area (Å²) >= 11 is 0. The molecule has 4 heteroatoms. The molecule has 3 nitrogen and oxygen atoms in total. The number of benzene rings is 2. The van der Waals surface area contributed by atoms with Crippen molar-refractivity contribution in [2.24, 2.45) is 0 Å². The van der Waals surface area contributed by atoms with Crippen LogP contribution in [0, 0.1) is 5.82 Å². The Morgan fingerprint density at radius 2 is 1.95 bits per heavy atom. The third-order valence-corrected chi connectivity index (χ3v) is 3.06. The number of nitrogens with one attached hydrogen (secondary N) is 1. The summed E-state index contributed by atoms with van der Waals surface area (Å²) in [5.74, 6) is -0.658. The topological polar surface area (TPSA) is 38.3 Å². The molecular formula is C16H12FNO2. The van der Waals surface area contributed by atoms with E-state index in [2.05, 4.69) is 5.32 Å². The Morgan fingerprint density at radius 3 is 2.75 bits per heavy atom. The number of hydrogen-bond donors (Lipinski definition) is 1. The van der Waals surface area contributed by atoms with Gasteiger partial charge in [-0.15, -0.1) is 0 Å². The van der Waals surface area contributed by atoms with Crippen LogP contribution >= 0.6 is 0 Å². The SMILES string of the molecule is O=C1Nc2cc(F)ccc2/C1=C\OCc1ccccc1. The lowest BCUT2D eigenvalue weighted by Gasteiger charge is -2.02. The fourth-order valence-electron chi connectivity index (χ4n) is 2.08. The van der Waals surface area contributed by atoms with Crippen molar-refractivity contribution < 1.29 is 13.9 Å². The third kappa shape index (κ3) is 2.40. The maximum atomic E-state index is 13.1. The number of rotatable bonds is 3. The van der Waals surface area contributed by atoms with Crippen LogP contribution in [0.15, 0.2) is 54.8 Å². The van der Waals surface area contributed by atoms with Crippen LogP contribution in [0.2, 0.25) is 0 Å². The predicted octanol–water partition coefficient (Wildman–Crippen LogP) is 3.34. The van der Waals surface area contributed by atoms with E-state index in [1.165, 1.54) is 18.4 Å². The summed E-state index contributed by atoms with van der Waals surface area (Å²) in [6, 6.07) is 13.8. The molecule has 0 saturated heterocycles. The second kappa shape index (κ2) is 5.17. The molecule has 0 atom stereocenters. The molecular weight excluding hydrogens is 257 g/mol. The molecule has 2 aromatic carbocycles. The van der Waals surface area contributed by atoms with E-state index in [-0.39, 0.29) is 11.7 Å². The molecule has 0 aromatic heterocycles. The van der Waals surface area contributed by atoms with Crippen LogP contribution in [0.4, 0.5) is 10.1 Å². The molecule has 0 saturated carbocycles. The smallest absolute Gasteiger partial charge is 0.259 e. The minimum Gasteiger partial charge on any atom is -0.496 e. The first kappa shape index (κ1) is 12.4. The lowest BCUT2D eigenvalue weighted by Crippen LogP contribution is -2.04. The van der Waals surface area contributed by atoms with Gasteiger partial charge in [0.2, 0.25) is 0 Å². The molecule has 20 heavy (non-hydrogen) atoms. The summed E-state index contributed by atoms with van der Waals surface area (Å²) in [5.41, 5.74) is 2.56. The molecule has 1 amide bonds. The van der Waals surface area contributed by atoms with E-state index in [1.54, 1.807) is 6.07 Å². The van der Waals surface area contributed by atoms with Crippen molar-refractivity contribution in [1.29, 1.82) is 0 Å². The van der Waals surface area contributed by atoms with E-state index in [0.717, 1.165) is 5.56 Å². The van der Waals surface area contributed by atoms with Gasteiger partial charge in [-0.3, -0.25) is 4.79 Å². The number of halogens is 1. The first-order valence-corrected chi connectivity index (χ1v) is 6.21. The van der Waals surface area contributed by atoms with Crippen molar-refractivity contribution in [3.8, 4) is 0 Å². The van der Waals surface area contributed by atoms with Gasteiger partial charge < -0.3 is 10.1 Å². The fraction of sp³-hybridized carbons (Fsp3) is 0.0625. The summed E-state index contributed by atoms with van der Waals surface area (Å²) in [6.07, 6.45) is 1.42. The van der Waals surface area contributed by atoms with Gasteiger partial charge in [-0.1, -0.05) is 30.3 Å². The highest BCUT2D eigenvalue weighted by atomic mass is 19.1. The zero-order valence-electron chi connectivity index (χ0n) is 10.6. The molecule has 0 radical (unpaired) electrons. The highest BCUT2D eigenvalue weighted by Gasteiger charge is 2.24. The largest absolute Gasteiger partial charge is 0.496 e. The molecule has 1 N–H and O–H groups in total. The van der Waals surface area contributed by atoms with Crippen LogP contribution in [-0.4, -0.2) is 5.91 Å². The second-order valence-corrected chi connectivity index (χ2v) is 4.47. The number of carbonyl (C=O) groups is 1. The molecule has 1 heterocycles. The van der Waals surface area contributed by atoms with Gasteiger partial charge in [-0.2, -0.15) is 0 Å². The summed E-state index contributed by atoms with van der Waals surface area (Å²) < 4.78 is 18.5. The van der Waals surface area contributed by atoms with Gasteiger partial charge >= 0.3 is 0 Å². The van der Waals surface area contributed by atoms with Crippen molar-refractivity contribution in [2.45, 2.75) is 6.61 Å². The van der Waals surface area contributed by atoms with Gasteiger partial charge in [-0.25, -0.2) is 4.39 Å². The first-order valence-electron chi connectivity index (χ1n) is 6.21. The Hall–Kier alpha value is -2.62. The van der Waals surface area contributed by atoms with Crippen LogP contribution in [0.3, 0.4) is 0 Å². The van der Waals surface area contributed by atoms with Gasteiger partial charge in [0, 0.05) is 5.56 Å². The number of amides is 1. The molecule has 0 unspecified atom stereocenters. The quantitative estimate of drug-likeness (QED) is 0.685. The van der Waals surface area contributed by atoms with Crippen LogP contribution < -0.4 is 5.32 Å². The molecule has 0 spiro atoms. The van der Waals surface area contributed by atoms with Gasteiger partial charge in [0.05, 0.1) is 17.5 Å². The molecule has 1 aliphatic rings. The van der Waals surface area contributed by atoms with Gasteiger partial charge in [0.25, 0.3) is 5.91 Å². The van der Waals surface area contributed by atoms with E-state index >= 15 is 0 Å². The van der Waals surface area contributed by atoms with E-state index in [1.807, 2.05) is 30.3 Å². The van der Waals surface area contributed by atoms with Crippen molar-refractivity contribution in [1.82, 2.24) is 0 Å². The van der Waals surface area contributed by atoms with E-state index < -0.39 is 0 Å². The van der Waals surface area contributed by atoms with E-state index in [0.29, 0.717) is 23.4 Å². The minimum absolute atomic E-state index is 0.279. The van der Waals surface area contributed by atoms with Crippen molar-refractivity contribution in [3.63, 3.8) is 0 Å². The van der Waals surface area contributed by atoms with Crippen molar-refractivity contribution in [2.75, 3.05) is 5.32 Å². The van der Waals surface area contributed by atoms with Gasteiger partial charge in [-0.05, 0) is 23.8 Å². The second-order valence-electron chi connectivity index (χ2n) is 4.47. The van der Waals surface area contributed by atoms with Crippen molar-refractivity contribution >= 4 is 17.2 Å². The third-order valence-electron chi connectivity index (χ3n) is 3.06. The standard InChI is InChI=1S/C16H12FNO2/c17-12-6-7-13-14(16(19)18-15(13)8-12)10-20-9-11-4-2-1-3-5-11/h1-8,10H,9H2,(H,18,19)/b14-10+. The van der Waals surface area contributed by atoms with Crippen LogP contribution in [0.25, 0.3) is 5.57 Å². The average Bonchev–Trinajstić information content (AvgIpc) is 2.75. The highest BCUT2D eigenvalue weighted by Crippen LogP contribution is 2.32. The molecule has 100 valence electrons. The Kier molecular flexibility index (Phi) is 3.21. The summed E-state index contributed by atoms with van der Waals surface area (Å²) in [6.45, 7) is 0.383. The van der Waals surface area contributed by atoms with E-state index in [4.69, 9.17) is 4.74 Å². The number of anilines is 1. The van der Waals surface area contributed by atoms with Gasteiger partial charge in [0.1, 0.15) is 12.4 Å². The maximum Gasteiger partial charge on any atom is 0.259 e. The van der Waals surface area contributed by atoms with E-state index in [9.17, 15) is 9.18 Å². The lowest BCUT2D eigenvalue weighted by molar-refractivity contribution is -0.110. The van der Waals surface area contributed by atoms with Gasteiger partial charge in [0.15, 0.2) is 0 Å². The summed E-state index contributed by atoms with van der Waals surface area (Å²) in [4.78, 5) is 11.8. The number of hydrogen-bond acceptors (Lipinski definition) is 2. The number of carbonyl (C=O) groups excluding carboxylic acids is 1. The molecule has 2 aromatic rings. The number of ether oxygens (including phenoxy) is 1. The maximum absolute atomic E-state index is 13.1. The summed E-state index contributed by atoms with van der Waals surface area (Å²) in [5, 5.41) is 2.61. The fourth-order valence-corrected chi connectivity index (χ4v) is 2.08. The Balaban J connectivity index is 1.77. The molecule has 3 rings (SSSR count). The molecule has 0 fully saturated rings. The van der Waals surface area contributed by atoms with Crippen LogP contribution in [0.5, 0.6) is 0 Å². The Bertz CT molecular complexity index is 680. The monoisotopic (exact) mass is 269 g/mol. The lowest BCUT2D eigenvalue weighted by atomic mass is 10.1. The predicted molar refractivity (Wildman–Crippen MR) is 74.2 cm³/mol.